The summed E-state index contributed by atoms with van der Waals surface area (Å²) in [6.45, 7) is 6.11. The zero-order chi connectivity index (χ0) is 12.4. The highest BCUT2D eigenvalue weighted by molar-refractivity contribution is 5.52. The fraction of sp³-hybridized carbons (Fsp3) is 0.333. The number of hydrogen-bond donors (Lipinski definition) is 1. The first kappa shape index (κ1) is 11.4. The number of hydrogen-bond acceptors (Lipinski definition) is 5. The Kier molecular flexibility index (Phi) is 2.99. The van der Waals surface area contributed by atoms with E-state index >= 15 is 0 Å². The summed E-state index contributed by atoms with van der Waals surface area (Å²) in [5, 5.41) is 7.47. The molecule has 17 heavy (non-hydrogen) atoms. The van der Waals surface area contributed by atoms with Gasteiger partial charge in [-0.2, -0.15) is 0 Å². The van der Waals surface area contributed by atoms with Crippen molar-refractivity contribution >= 4 is 5.69 Å². The second-order valence-electron chi connectivity index (χ2n) is 4.07. The van der Waals surface area contributed by atoms with Crippen molar-refractivity contribution in [1.82, 2.24) is 10.3 Å². The number of aryl methyl sites for hydroxylation is 3. The highest BCUT2D eigenvalue weighted by Crippen LogP contribution is 2.26. The van der Waals surface area contributed by atoms with Gasteiger partial charge in [0.25, 0.3) is 0 Å². The molecule has 0 spiro atoms. The molecule has 0 aliphatic rings. The third-order valence-corrected chi connectivity index (χ3v) is 2.58. The Bertz CT molecular complexity index is 511. The number of aromatic nitrogens is 2. The van der Waals surface area contributed by atoms with Gasteiger partial charge >= 0.3 is 0 Å². The number of nitrogens with zero attached hydrogens (tertiary/aromatic N) is 2. The maximum atomic E-state index is 5.75. The van der Waals surface area contributed by atoms with Crippen LogP contribution in [0.2, 0.25) is 0 Å². The van der Waals surface area contributed by atoms with Gasteiger partial charge in [0.2, 0.25) is 0 Å². The summed E-state index contributed by atoms with van der Waals surface area (Å²) in [5.41, 5.74) is 9.97. The molecule has 2 rings (SSSR count). The Balaban J connectivity index is 2.17. The number of benzene rings is 1. The van der Waals surface area contributed by atoms with Gasteiger partial charge in [0.1, 0.15) is 23.7 Å². The molecule has 0 unspecified atom stereocenters. The standard InChI is InChI=1S/C12H15N3O2/c1-7-4-10(13)5-8(2)12(7)16-6-11-9(3)14-17-15-11/h4-5H,6,13H2,1-3H3. The van der Waals surface area contributed by atoms with Crippen LogP contribution in [0.3, 0.4) is 0 Å². The lowest BCUT2D eigenvalue weighted by Crippen LogP contribution is -2.01. The van der Waals surface area contributed by atoms with E-state index in [9.17, 15) is 0 Å². The lowest BCUT2D eigenvalue weighted by Gasteiger charge is -2.11. The van der Waals surface area contributed by atoms with E-state index in [2.05, 4.69) is 14.9 Å². The van der Waals surface area contributed by atoms with Gasteiger partial charge in [-0.25, -0.2) is 4.63 Å². The molecule has 90 valence electrons. The first-order chi connectivity index (χ1) is 8.08. The Morgan fingerprint density at radius 1 is 1.18 bits per heavy atom. The fourth-order valence-corrected chi connectivity index (χ4v) is 1.73. The van der Waals surface area contributed by atoms with E-state index in [-0.39, 0.29) is 0 Å². The smallest absolute Gasteiger partial charge is 0.145 e. The lowest BCUT2D eigenvalue weighted by atomic mass is 10.1. The van der Waals surface area contributed by atoms with E-state index in [1.807, 2.05) is 32.9 Å². The molecule has 1 aromatic heterocycles. The molecule has 0 bridgehead atoms. The van der Waals surface area contributed by atoms with Gasteiger partial charge in [0, 0.05) is 5.69 Å². The number of nitrogens with two attached hydrogens (primary N) is 1. The molecule has 1 heterocycles. The monoisotopic (exact) mass is 233 g/mol. The van der Waals surface area contributed by atoms with Crippen molar-refractivity contribution < 1.29 is 9.37 Å². The van der Waals surface area contributed by atoms with Gasteiger partial charge in [0.05, 0.1) is 0 Å². The molecular weight excluding hydrogens is 218 g/mol. The van der Waals surface area contributed by atoms with Crippen molar-refractivity contribution in [2.45, 2.75) is 27.4 Å². The number of rotatable bonds is 3. The minimum atomic E-state index is 0.348. The van der Waals surface area contributed by atoms with Crippen molar-refractivity contribution in [2.75, 3.05) is 5.73 Å². The molecule has 0 saturated heterocycles. The van der Waals surface area contributed by atoms with Gasteiger partial charge in [-0.05, 0) is 44.0 Å². The number of anilines is 1. The van der Waals surface area contributed by atoms with Gasteiger partial charge < -0.3 is 10.5 Å². The quantitative estimate of drug-likeness (QED) is 0.822. The number of ether oxygens (including phenoxy) is 1. The van der Waals surface area contributed by atoms with Gasteiger partial charge in [-0.15, -0.1) is 0 Å². The normalized spacial score (nSPS) is 10.5. The zero-order valence-corrected chi connectivity index (χ0v) is 10.2. The minimum absolute atomic E-state index is 0.348. The van der Waals surface area contributed by atoms with Crippen LogP contribution in [0, 0.1) is 20.8 Å². The molecule has 5 nitrogen and oxygen atoms in total. The third-order valence-electron chi connectivity index (χ3n) is 2.58. The summed E-state index contributed by atoms with van der Waals surface area (Å²) in [4.78, 5) is 0. The molecule has 0 aliphatic carbocycles. The van der Waals surface area contributed by atoms with E-state index in [0.29, 0.717) is 12.3 Å². The Morgan fingerprint density at radius 3 is 2.35 bits per heavy atom. The van der Waals surface area contributed by atoms with Crippen LogP contribution in [-0.2, 0) is 6.61 Å². The third kappa shape index (κ3) is 2.38. The summed E-state index contributed by atoms with van der Waals surface area (Å²) < 4.78 is 10.3. The van der Waals surface area contributed by atoms with E-state index in [0.717, 1.165) is 28.3 Å². The van der Waals surface area contributed by atoms with Crippen molar-refractivity contribution in [1.29, 1.82) is 0 Å². The van der Waals surface area contributed by atoms with Crippen molar-refractivity contribution in [3.8, 4) is 5.75 Å². The largest absolute Gasteiger partial charge is 0.487 e. The van der Waals surface area contributed by atoms with Crippen LogP contribution in [0.1, 0.15) is 22.5 Å². The Morgan fingerprint density at radius 2 is 1.82 bits per heavy atom. The predicted octanol–water partition coefficient (Wildman–Crippen LogP) is 2.16. The molecule has 2 N–H and O–H groups in total. The van der Waals surface area contributed by atoms with Crippen LogP contribution in [0.5, 0.6) is 5.75 Å². The summed E-state index contributed by atoms with van der Waals surface area (Å²) in [5.74, 6) is 0.835. The van der Waals surface area contributed by atoms with Crippen LogP contribution >= 0.6 is 0 Å². The molecule has 0 aliphatic heterocycles. The molecule has 0 radical (unpaired) electrons. The Hall–Kier alpha value is -2.04. The van der Waals surface area contributed by atoms with Crippen molar-refractivity contribution in [3.05, 3.63) is 34.6 Å². The SMILES string of the molecule is Cc1cc(N)cc(C)c1OCc1nonc1C. The lowest BCUT2D eigenvalue weighted by molar-refractivity contribution is 0.268. The van der Waals surface area contributed by atoms with Gasteiger partial charge in [-0.3, -0.25) is 0 Å². The maximum absolute atomic E-state index is 5.75. The van der Waals surface area contributed by atoms with Crippen molar-refractivity contribution in [2.24, 2.45) is 0 Å². The topological polar surface area (TPSA) is 74.2 Å². The van der Waals surface area contributed by atoms with E-state index in [1.54, 1.807) is 0 Å². The minimum Gasteiger partial charge on any atom is -0.487 e. The molecule has 0 atom stereocenters. The van der Waals surface area contributed by atoms with Crippen LogP contribution < -0.4 is 10.5 Å². The first-order valence-corrected chi connectivity index (χ1v) is 5.35. The molecule has 1 aromatic carbocycles. The van der Waals surface area contributed by atoms with Gasteiger partial charge in [0.15, 0.2) is 0 Å². The number of nitrogen functional groups attached to an aromatic ring is 1. The summed E-state index contributed by atoms with van der Waals surface area (Å²) in [7, 11) is 0. The van der Waals surface area contributed by atoms with Crippen LogP contribution in [-0.4, -0.2) is 10.3 Å². The van der Waals surface area contributed by atoms with Crippen LogP contribution in [0.15, 0.2) is 16.8 Å². The molecular formula is C12H15N3O2. The van der Waals surface area contributed by atoms with Crippen molar-refractivity contribution in [3.63, 3.8) is 0 Å². The highest BCUT2D eigenvalue weighted by atomic mass is 16.6. The summed E-state index contributed by atoms with van der Waals surface area (Å²) >= 11 is 0. The predicted molar refractivity (Wildman–Crippen MR) is 63.7 cm³/mol. The maximum Gasteiger partial charge on any atom is 0.145 e. The Labute approximate surface area is 99.5 Å². The molecule has 2 aromatic rings. The second-order valence-corrected chi connectivity index (χ2v) is 4.07. The van der Waals surface area contributed by atoms with E-state index in [4.69, 9.17) is 10.5 Å². The fourth-order valence-electron chi connectivity index (χ4n) is 1.73. The zero-order valence-electron chi connectivity index (χ0n) is 10.2. The molecule has 5 heteroatoms. The molecule has 0 saturated carbocycles. The van der Waals surface area contributed by atoms with Crippen LogP contribution in [0.4, 0.5) is 5.69 Å². The summed E-state index contributed by atoms with van der Waals surface area (Å²) in [6, 6.07) is 3.77. The van der Waals surface area contributed by atoms with Crippen LogP contribution in [0.25, 0.3) is 0 Å². The highest BCUT2D eigenvalue weighted by Gasteiger charge is 2.09. The van der Waals surface area contributed by atoms with Gasteiger partial charge in [-0.1, -0.05) is 10.3 Å². The van der Waals surface area contributed by atoms with E-state index in [1.165, 1.54) is 0 Å². The summed E-state index contributed by atoms with van der Waals surface area (Å²) in [6.07, 6.45) is 0. The van der Waals surface area contributed by atoms with E-state index < -0.39 is 0 Å². The average Bonchev–Trinajstić information content (AvgIpc) is 2.62. The second kappa shape index (κ2) is 4.45. The average molecular weight is 233 g/mol. The molecule has 0 fully saturated rings. The first-order valence-electron chi connectivity index (χ1n) is 5.35. The molecule has 0 amide bonds.